The summed E-state index contributed by atoms with van der Waals surface area (Å²) in [4.78, 5) is 11.9. The molecular weight excluding hydrogens is 212 g/mol. The third-order valence-corrected chi connectivity index (χ3v) is 2.95. The van der Waals surface area contributed by atoms with Gasteiger partial charge in [0, 0.05) is 11.3 Å². The summed E-state index contributed by atoms with van der Waals surface area (Å²) in [5.41, 5.74) is 0.699. The monoisotopic (exact) mass is 220 g/mol. The summed E-state index contributed by atoms with van der Waals surface area (Å²) >= 11 is 4.90. The van der Waals surface area contributed by atoms with Gasteiger partial charge in [-0.1, -0.05) is 18.2 Å². The number of rotatable bonds is 0. The van der Waals surface area contributed by atoms with Crippen LogP contribution in [0.1, 0.15) is 5.56 Å². The van der Waals surface area contributed by atoms with E-state index in [-0.39, 0.29) is 11.1 Å². The zero-order valence-electron chi connectivity index (χ0n) is 7.74. The highest BCUT2D eigenvalue weighted by Gasteiger charge is 2.52. The van der Waals surface area contributed by atoms with Crippen LogP contribution >= 0.6 is 12.2 Å². The van der Waals surface area contributed by atoms with E-state index in [0.717, 1.165) is 11.3 Å². The molecule has 0 aliphatic carbocycles. The zero-order valence-corrected chi connectivity index (χ0v) is 8.56. The summed E-state index contributed by atoms with van der Waals surface area (Å²) < 4.78 is 5.46. The molecule has 1 amide bonds. The van der Waals surface area contributed by atoms with E-state index in [1.165, 1.54) is 0 Å². The quantitative estimate of drug-likeness (QED) is 0.633. The Morgan fingerprint density at radius 1 is 1.40 bits per heavy atom. The van der Waals surface area contributed by atoms with Gasteiger partial charge in [-0.15, -0.1) is 0 Å². The van der Waals surface area contributed by atoms with Crippen LogP contribution in [0.3, 0.4) is 0 Å². The maximum absolute atomic E-state index is 11.9. The lowest BCUT2D eigenvalue weighted by atomic mass is 9.96. The summed E-state index contributed by atoms with van der Waals surface area (Å²) in [6.45, 7) is 0.397. The van der Waals surface area contributed by atoms with Crippen LogP contribution in [-0.2, 0) is 15.1 Å². The van der Waals surface area contributed by atoms with Crippen molar-refractivity contribution in [3.05, 3.63) is 29.8 Å². The van der Waals surface area contributed by atoms with E-state index in [1.807, 2.05) is 24.3 Å². The largest absolute Gasteiger partial charge is 0.447 e. The van der Waals surface area contributed by atoms with Crippen LogP contribution < -0.4 is 10.6 Å². The number of hydrogen-bond acceptors (Lipinski definition) is 3. The minimum atomic E-state index is -0.951. The molecule has 1 aromatic carbocycles. The average Bonchev–Trinajstić information content (AvgIpc) is 2.73. The van der Waals surface area contributed by atoms with Crippen LogP contribution in [0.25, 0.3) is 0 Å². The van der Waals surface area contributed by atoms with Crippen molar-refractivity contribution in [3.63, 3.8) is 0 Å². The van der Waals surface area contributed by atoms with Gasteiger partial charge in [0.05, 0.1) is 6.54 Å². The molecule has 76 valence electrons. The summed E-state index contributed by atoms with van der Waals surface area (Å²) in [6.07, 6.45) is 0. The fraction of sp³-hybridized carbons (Fsp3) is 0.200. The van der Waals surface area contributed by atoms with Crippen LogP contribution in [0, 0.1) is 0 Å². The van der Waals surface area contributed by atoms with Crippen LogP contribution in [0.4, 0.5) is 5.69 Å². The number of nitrogens with one attached hydrogen (secondary N) is 2. The lowest BCUT2D eigenvalue weighted by Crippen LogP contribution is -2.37. The number of para-hydroxylation sites is 1. The molecule has 5 heteroatoms. The van der Waals surface area contributed by atoms with Crippen LogP contribution in [0.5, 0.6) is 0 Å². The fourth-order valence-corrected chi connectivity index (χ4v) is 2.21. The molecule has 2 aliphatic heterocycles. The normalized spacial score (nSPS) is 27.2. The molecule has 1 unspecified atom stereocenters. The molecule has 1 aromatic rings. The molecule has 3 rings (SSSR count). The molecule has 2 heterocycles. The van der Waals surface area contributed by atoms with Gasteiger partial charge in [0.25, 0.3) is 11.1 Å². The Labute approximate surface area is 91.6 Å². The lowest BCUT2D eigenvalue weighted by Gasteiger charge is -2.18. The number of thiocarbonyl (C=S) groups is 1. The van der Waals surface area contributed by atoms with Gasteiger partial charge in [-0.05, 0) is 18.3 Å². The highest BCUT2D eigenvalue weighted by atomic mass is 32.1. The van der Waals surface area contributed by atoms with Gasteiger partial charge < -0.3 is 15.4 Å². The van der Waals surface area contributed by atoms with Crippen molar-refractivity contribution >= 4 is 29.0 Å². The van der Waals surface area contributed by atoms with Crippen molar-refractivity contribution in [3.8, 4) is 0 Å². The van der Waals surface area contributed by atoms with Gasteiger partial charge in [0.15, 0.2) is 0 Å². The number of carbonyl (C=O) groups excluding carboxylic acids is 1. The Morgan fingerprint density at radius 2 is 2.20 bits per heavy atom. The summed E-state index contributed by atoms with van der Waals surface area (Å²) in [7, 11) is 0. The Kier molecular flexibility index (Phi) is 1.56. The number of carbonyl (C=O) groups is 1. The number of hydrogen-bond donors (Lipinski definition) is 2. The molecule has 0 radical (unpaired) electrons. The number of benzene rings is 1. The smallest absolute Gasteiger partial charge is 0.275 e. The molecule has 2 aliphatic rings. The molecule has 2 N–H and O–H groups in total. The summed E-state index contributed by atoms with van der Waals surface area (Å²) in [5.74, 6) is -0.156. The maximum Gasteiger partial charge on any atom is 0.275 e. The van der Waals surface area contributed by atoms with Gasteiger partial charge in [-0.25, -0.2) is 0 Å². The molecule has 0 bridgehead atoms. The Hall–Kier alpha value is -1.62. The highest BCUT2D eigenvalue weighted by Crippen LogP contribution is 2.40. The first-order chi connectivity index (χ1) is 7.22. The Bertz CT molecular complexity index is 474. The minimum absolute atomic E-state index is 0.156. The number of fused-ring (bicyclic) bond motifs is 2. The van der Waals surface area contributed by atoms with E-state index in [4.69, 9.17) is 17.0 Å². The van der Waals surface area contributed by atoms with Gasteiger partial charge in [0.1, 0.15) is 0 Å². The molecule has 4 nitrogen and oxygen atoms in total. The predicted molar refractivity (Wildman–Crippen MR) is 58.4 cm³/mol. The Morgan fingerprint density at radius 3 is 2.93 bits per heavy atom. The predicted octanol–water partition coefficient (Wildman–Crippen LogP) is 0.739. The molecule has 0 saturated carbocycles. The third kappa shape index (κ3) is 1.01. The third-order valence-electron chi connectivity index (χ3n) is 2.73. The molecule has 1 atom stereocenters. The van der Waals surface area contributed by atoms with E-state index in [0.29, 0.717) is 6.54 Å². The van der Waals surface area contributed by atoms with Crippen molar-refractivity contribution in [1.29, 1.82) is 0 Å². The SMILES string of the molecule is O=C1Nc2ccccc2C12CNC(=S)O2. The van der Waals surface area contributed by atoms with Crippen molar-refractivity contribution in [1.82, 2.24) is 5.32 Å². The molecule has 1 saturated heterocycles. The molecular formula is C10H8N2O2S. The van der Waals surface area contributed by atoms with Gasteiger partial charge in [-0.2, -0.15) is 0 Å². The topological polar surface area (TPSA) is 50.4 Å². The highest BCUT2D eigenvalue weighted by molar-refractivity contribution is 7.80. The van der Waals surface area contributed by atoms with E-state index in [9.17, 15) is 4.79 Å². The zero-order chi connectivity index (χ0) is 10.5. The first-order valence-corrected chi connectivity index (χ1v) is 5.01. The number of anilines is 1. The van der Waals surface area contributed by atoms with Crippen molar-refractivity contribution in [2.75, 3.05) is 11.9 Å². The molecule has 1 spiro atoms. The fourth-order valence-electron chi connectivity index (χ4n) is 1.99. The van der Waals surface area contributed by atoms with E-state index >= 15 is 0 Å². The molecule has 1 fully saturated rings. The standard InChI is InChI=1S/C10H8N2O2S/c13-8-10(5-11-9(15)14-10)6-3-1-2-4-7(6)12-8/h1-4H,5H2,(H,11,15)(H,12,13). The second-order valence-corrected chi connectivity index (χ2v) is 3.94. The van der Waals surface area contributed by atoms with Gasteiger partial charge in [0.2, 0.25) is 5.60 Å². The second-order valence-electron chi connectivity index (χ2n) is 3.57. The molecule has 0 aromatic heterocycles. The van der Waals surface area contributed by atoms with E-state index in [1.54, 1.807) is 0 Å². The number of ether oxygens (including phenoxy) is 1. The van der Waals surface area contributed by atoms with Crippen molar-refractivity contribution in [2.24, 2.45) is 0 Å². The van der Waals surface area contributed by atoms with E-state index < -0.39 is 5.60 Å². The van der Waals surface area contributed by atoms with Crippen molar-refractivity contribution < 1.29 is 9.53 Å². The first kappa shape index (κ1) is 8.67. The molecule has 15 heavy (non-hydrogen) atoms. The van der Waals surface area contributed by atoms with Gasteiger partial charge in [-0.3, -0.25) is 4.79 Å². The van der Waals surface area contributed by atoms with E-state index in [2.05, 4.69) is 10.6 Å². The summed E-state index contributed by atoms with van der Waals surface area (Å²) in [5, 5.41) is 5.94. The average molecular weight is 220 g/mol. The first-order valence-electron chi connectivity index (χ1n) is 4.60. The van der Waals surface area contributed by atoms with Crippen LogP contribution in [0.15, 0.2) is 24.3 Å². The Balaban J connectivity index is 2.17. The van der Waals surface area contributed by atoms with Gasteiger partial charge >= 0.3 is 0 Å². The maximum atomic E-state index is 11.9. The lowest BCUT2D eigenvalue weighted by molar-refractivity contribution is -0.129. The number of amides is 1. The minimum Gasteiger partial charge on any atom is -0.447 e. The van der Waals surface area contributed by atoms with Crippen molar-refractivity contribution in [2.45, 2.75) is 5.60 Å². The second kappa shape index (κ2) is 2.70. The van der Waals surface area contributed by atoms with Crippen LogP contribution in [0.2, 0.25) is 0 Å². The van der Waals surface area contributed by atoms with Crippen LogP contribution in [-0.4, -0.2) is 17.6 Å². The summed E-state index contributed by atoms with van der Waals surface area (Å²) in [6, 6.07) is 7.49.